The molecule has 1 heterocycles. The molecule has 1 aliphatic heterocycles. The number of nitrogens with zero attached hydrogens (tertiary/aromatic N) is 1. The molecule has 0 aromatic rings. The quantitative estimate of drug-likeness (QED) is 0.536. The fourth-order valence-electron chi connectivity index (χ4n) is 1.17. The first-order valence-corrected chi connectivity index (χ1v) is 3.48. The van der Waals surface area contributed by atoms with Crippen LogP contribution in [-0.4, -0.2) is 22.8 Å². The molecule has 0 unspecified atom stereocenters. The maximum absolute atomic E-state index is 10.9. The van der Waals surface area contributed by atoms with Crippen LogP contribution in [0.4, 0.5) is 0 Å². The highest BCUT2D eigenvalue weighted by atomic mass is 16.2. The molecule has 3 nitrogen and oxygen atoms in total. The van der Waals surface area contributed by atoms with Crippen LogP contribution in [0.5, 0.6) is 0 Å². The van der Waals surface area contributed by atoms with Gasteiger partial charge in [0.2, 0.25) is 11.8 Å². The Labute approximate surface area is 67.4 Å². The molecule has 0 bridgehead atoms. The summed E-state index contributed by atoms with van der Waals surface area (Å²) in [5, 5.41) is 0. The van der Waals surface area contributed by atoms with Gasteiger partial charge in [0.1, 0.15) is 0 Å². The third-order valence-corrected chi connectivity index (χ3v) is 1.61. The van der Waals surface area contributed by atoms with Gasteiger partial charge in [0.25, 0.3) is 0 Å². The van der Waals surface area contributed by atoms with Gasteiger partial charge in [-0.1, -0.05) is 7.43 Å². The normalized spacial score (nSPS) is 17.5. The van der Waals surface area contributed by atoms with Crippen LogP contribution in [0.25, 0.3) is 0 Å². The van der Waals surface area contributed by atoms with Crippen LogP contribution in [0.15, 0.2) is 0 Å². The number of likely N-dealkylation sites (tertiary alicyclic amines) is 1. The molecule has 11 heavy (non-hydrogen) atoms. The lowest BCUT2D eigenvalue weighted by Crippen LogP contribution is -2.35. The van der Waals surface area contributed by atoms with E-state index in [0.29, 0.717) is 12.8 Å². The summed E-state index contributed by atoms with van der Waals surface area (Å²) in [6.45, 7) is 3.70. The molecule has 0 saturated carbocycles. The first-order chi connectivity index (χ1) is 4.63. The predicted octanol–water partition coefficient (Wildman–Crippen LogP) is 1.18. The van der Waals surface area contributed by atoms with E-state index in [9.17, 15) is 9.59 Å². The van der Waals surface area contributed by atoms with E-state index >= 15 is 0 Å². The van der Waals surface area contributed by atoms with Gasteiger partial charge in [-0.15, -0.1) is 0 Å². The van der Waals surface area contributed by atoms with Crippen molar-refractivity contribution in [1.82, 2.24) is 4.90 Å². The Morgan fingerprint density at radius 3 is 1.73 bits per heavy atom. The fraction of sp³-hybridized carbons (Fsp3) is 0.750. The fourth-order valence-corrected chi connectivity index (χ4v) is 1.17. The number of imide groups is 1. The van der Waals surface area contributed by atoms with Crippen LogP contribution < -0.4 is 0 Å². The molecule has 1 aliphatic rings. The second kappa shape index (κ2) is 3.51. The molecule has 0 aromatic carbocycles. The van der Waals surface area contributed by atoms with Gasteiger partial charge < -0.3 is 0 Å². The molecule has 0 N–H and O–H groups in total. The molecule has 1 rings (SSSR count). The topological polar surface area (TPSA) is 37.4 Å². The van der Waals surface area contributed by atoms with Crippen molar-refractivity contribution in [2.45, 2.75) is 40.2 Å². The van der Waals surface area contributed by atoms with E-state index in [1.54, 1.807) is 0 Å². The Morgan fingerprint density at radius 2 is 1.55 bits per heavy atom. The Morgan fingerprint density at radius 1 is 1.18 bits per heavy atom. The first-order valence-electron chi connectivity index (χ1n) is 3.48. The average molecular weight is 157 g/mol. The summed E-state index contributed by atoms with van der Waals surface area (Å²) in [7, 11) is 0. The second-order valence-electron chi connectivity index (χ2n) is 2.75. The van der Waals surface area contributed by atoms with Crippen LogP contribution in [0.3, 0.4) is 0 Å². The monoisotopic (exact) mass is 157 g/mol. The molecule has 0 radical (unpaired) electrons. The number of rotatable bonds is 1. The van der Waals surface area contributed by atoms with Gasteiger partial charge in [0.05, 0.1) is 0 Å². The third kappa shape index (κ3) is 1.79. The zero-order chi connectivity index (χ0) is 7.72. The van der Waals surface area contributed by atoms with E-state index in [-0.39, 0.29) is 25.3 Å². The number of amides is 2. The lowest BCUT2D eigenvalue weighted by Gasteiger charge is -2.17. The highest BCUT2D eigenvalue weighted by Crippen LogP contribution is 2.14. The lowest BCUT2D eigenvalue weighted by atomic mass is 10.3. The Balaban J connectivity index is 0.000001000. The maximum Gasteiger partial charge on any atom is 0.229 e. The van der Waals surface area contributed by atoms with Gasteiger partial charge in [-0.2, -0.15) is 0 Å². The van der Waals surface area contributed by atoms with Crippen molar-refractivity contribution < 1.29 is 9.59 Å². The minimum Gasteiger partial charge on any atom is -0.280 e. The third-order valence-electron chi connectivity index (χ3n) is 1.61. The van der Waals surface area contributed by atoms with Crippen LogP contribution in [0.1, 0.15) is 34.1 Å². The highest BCUT2D eigenvalue weighted by molar-refractivity contribution is 6.02. The largest absolute Gasteiger partial charge is 0.280 e. The van der Waals surface area contributed by atoms with Crippen molar-refractivity contribution in [2.75, 3.05) is 0 Å². The molecular weight excluding hydrogens is 142 g/mol. The van der Waals surface area contributed by atoms with Gasteiger partial charge >= 0.3 is 0 Å². The highest BCUT2D eigenvalue weighted by Gasteiger charge is 2.30. The van der Waals surface area contributed by atoms with Gasteiger partial charge in [-0.3, -0.25) is 14.5 Å². The summed E-state index contributed by atoms with van der Waals surface area (Å²) in [6, 6.07) is 0.0301. The molecule has 0 aromatic heterocycles. The molecule has 0 aliphatic carbocycles. The van der Waals surface area contributed by atoms with Crippen LogP contribution in [-0.2, 0) is 9.59 Å². The number of carbonyl (C=O) groups is 2. The molecule has 0 spiro atoms. The van der Waals surface area contributed by atoms with E-state index in [2.05, 4.69) is 0 Å². The summed E-state index contributed by atoms with van der Waals surface area (Å²) >= 11 is 0. The maximum atomic E-state index is 10.9. The summed E-state index contributed by atoms with van der Waals surface area (Å²) in [4.78, 5) is 23.2. The molecule has 3 heteroatoms. The minimum atomic E-state index is -0.0278. The minimum absolute atomic E-state index is 0. The van der Waals surface area contributed by atoms with Crippen LogP contribution in [0, 0.1) is 0 Å². The lowest BCUT2D eigenvalue weighted by molar-refractivity contribution is -0.140. The summed E-state index contributed by atoms with van der Waals surface area (Å²) in [6.07, 6.45) is 0.800. The molecular formula is C8H15NO2. The molecule has 0 atom stereocenters. The predicted molar refractivity (Wildman–Crippen MR) is 43.0 cm³/mol. The Bertz CT molecular complexity index is 159. The summed E-state index contributed by atoms with van der Waals surface area (Å²) in [5.41, 5.74) is 0. The smallest absolute Gasteiger partial charge is 0.229 e. The van der Waals surface area contributed by atoms with Crippen molar-refractivity contribution >= 4 is 11.8 Å². The molecule has 2 amide bonds. The van der Waals surface area contributed by atoms with Gasteiger partial charge in [0, 0.05) is 18.9 Å². The van der Waals surface area contributed by atoms with Crippen molar-refractivity contribution in [1.29, 1.82) is 0 Å². The van der Waals surface area contributed by atoms with Crippen LogP contribution >= 0.6 is 0 Å². The van der Waals surface area contributed by atoms with E-state index in [1.807, 2.05) is 13.8 Å². The van der Waals surface area contributed by atoms with E-state index in [1.165, 1.54) is 4.90 Å². The van der Waals surface area contributed by atoms with E-state index < -0.39 is 0 Å². The number of hydrogen-bond donors (Lipinski definition) is 0. The number of carbonyl (C=O) groups excluding carboxylic acids is 2. The SMILES string of the molecule is C.CC(C)N1C(=O)CCC1=O. The van der Waals surface area contributed by atoms with Crippen molar-refractivity contribution in [3.05, 3.63) is 0 Å². The van der Waals surface area contributed by atoms with Gasteiger partial charge in [-0.05, 0) is 13.8 Å². The van der Waals surface area contributed by atoms with E-state index in [4.69, 9.17) is 0 Å². The zero-order valence-corrected chi connectivity index (χ0v) is 6.26. The van der Waals surface area contributed by atoms with Gasteiger partial charge in [0.15, 0.2) is 0 Å². The summed E-state index contributed by atoms with van der Waals surface area (Å²) < 4.78 is 0. The second-order valence-corrected chi connectivity index (χ2v) is 2.75. The van der Waals surface area contributed by atoms with Crippen molar-refractivity contribution in [2.24, 2.45) is 0 Å². The zero-order valence-electron chi connectivity index (χ0n) is 6.26. The average Bonchev–Trinajstić information content (AvgIpc) is 2.11. The number of hydrogen-bond acceptors (Lipinski definition) is 2. The standard InChI is InChI=1S/C7H11NO2.CH4/c1-5(2)8-6(9)3-4-7(8)10;/h5H,3-4H2,1-2H3;1H4. The van der Waals surface area contributed by atoms with Crippen molar-refractivity contribution in [3.63, 3.8) is 0 Å². The van der Waals surface area contributed by atoms with E-state index in [0.717, 1.165) is 0 Å². The molecule has 1 saturated heterocycles. The Kier molecular flexibility index (Phi) is 3.23. The Hall–Kier alpha value is -0.860. The van der Waals surface area contributed by atoms with Crippen molar-refractivity contribution in [3.8, 4) is 0 Å². The van der Waals surface area contributed by atoms with Gasteiger partial charge in [-0.25, -0.2) is 0 Å². The molecule has 64 valence electrons. The summed E-state index contributed by atoms with van der Waals surface area (Å²) in [5.74, 6) is -0.0556. The first kappa shape index (κ1) is 10.1. The molecule has 1 fully saturated rings. The van der Waals surface area contributed by atoms with Crippen LogP contribution in [0.2, 0.25) is 0 Å².